The molecule has 5 rings (SSSR count). The molecule has 0 aromatic heterocycles. The Morgan fingerprint density at radius 2 is 0.661 bits per heavy atom. The smallest absolute Gasteiger partial charge is 0.343 e. The van der Waals surface area contributed by atoms with Gasteiger partial charge in [0.2, 0.25) is 0 Å². The first-order valence-corrected chi connectivity index (χ1v) is 21.9. The minimum absolute atomic E-state index is 0.0135. The highest BCUT2D eigenvalue weighted by atomic mass is 35.5. The van der Waals surface area contributed by atoms with Gasteiger partial charge in [-0.1, -0.05) is 101 Å². The van der Waals surface area contributed by atoms with E-state index in [-0.39, 0.29) is 43.8 Å². The zero-order valence-corrected chi connectivity index (χ0v) is 36.6. The first-order valence-electron chi connectivity index (χ1n) is 21.2. The molecule has 0 bridgehead atoms. The Kier molecular flexibility index (Phi) is 19.2. The van der Waals surface area contributed by atoms with Gasteiger partial charge in [0.1, 0.15) is 23.0 Å². The van der Waals surface area contributed by atoms with Gasteiger partial charge in [0.15, 0.2) is 11.5 Å². The summed E-state index contributed by atoms with van der Waals surface area (Å²) >= 11 is 12.7. The number of benzene rings is 5. The van der Waals surface area contributed by atoms with Gasteiger partial charge in [-0.05, 0) is 116 Å². The Balaban J connectivity index is 1.08. The summed E-state index contributed by atoms with van der Waals surface area (Å²) in [7, 11) is 0. The molecule has 12 heteroatoms. The van der Waals surface area contributed by atoms with E-state index in [0.29, 0.717) is 36.2 Å². The van der Waals surface area contributed by atoms with Gasteiger partial charge in [-0.15, -0.1) is 0 Å². The molecular formula is C50H52Cl2O10. The molecule has 5 aromatic carbocycles. The first-order chi connectivity index (χ1) is 30.1. The highest BCUT2D eigenvalue weighted by Gasteiger charge is 2.19. The lowest BCUT2D eigenvalue weighted by Crippen LogP contribution is -2.13. The summed E-state index contributed by atoms with van der Waals surface area (Å²) in [5.74, 6) is -0.976. The SMILES string of the molecule is CCCCCCCCOc1ccc(OC(=O)c2ccc(C(=O)Oc3cc(OC(=O)c4ccc(C(=O)Oc5ccc(OCCCCCCCC)cc5)cc4)c(Cl)cc3Cl)cc2)cc1. The average Bonchev–Trinajstić information content (AvgIpc) is 3.28. The summed E-state index contributed by atoms with van der Waals surface area (Å²) in [6.07, 6.45) is 14.1. The molecule has 0 unspecified atom stereocenters. The number of carbonyl (C=O) groups excluding carboxylic acids is 4. The van der Waals surface area contributed by atoms with Crippen LogP contribution in [-0.4, -0.2) is 37.1 Å². The van der Waals surface area contributed by atoms with Crippen LogP contribution in [0.15, 0.2) is 109 Å². The number of ether oxygens (including phenoxy) is 6. The molecule has 10 nitrogen and oxygen atoms in total. The van der Waals surface area contributed by atoms with Crippen LogP contribution in [0.3, 0.4) is 0 Å². The molecule has 0 aliphatic carbocycles. The Hall–Kier alpha value is -5.84. The molecular weight excluding hydrogens is 831 g/mol. The van der Waals surface area contributed by atoms with Crippen molar-refractivity contribution in [1.29, 1.82) is 0 Å². The maximum absolute atomic E-state index is 13.1. The van der Waals surface area contributed by atoms with Gasteiger partial charge in [0.25, 0.3) is 0 Å². The summed E-state index contributed by atoms with van der Waals surface area (Å²) < 4.78 is 33.6. The van der Waals surface area contributed by atoms with Crippen molar-refractivity contribution in [3.05, 3.63) is 141 Å². The molecule has 0 N–H and O–H groups in total. The van der Waals surface area contributed by atoms with Crippen LogP contribution in [0.25, 0.3) is 0 Å². The minimum atomic E-state index is -0.793. The van der Waals surface area contributed by atoms with Crippen molar-refractivity contribution in [2.24, 2.45) is 0 Å². The number of unbranched alkanes of at least 4 members (excludes halogenated alkanes) is 10. The molecule has 0 amide bonds. The van der Waals surface area contributed by atoms with E-state index < -0.39 is 23.9 Å². The number of hydrogen-bond acceptors (Lipinski definition) is 10. The molecule has 0 heterocycles. The van der Waals surface area contributed by atoms with E-state index in [1.165, 1.54) is 112 Å². The molecule has 0 saturated heterocycles. The minimum Gasteiger partial charge on any atom is -0.494 e. The number of carbonyl (C=O) groups is 4. The lowest BCUT2D eigenvalue weighted by molar-refractivity contribution is 0.0714. The van der Waals surface area contributed by atoms with Crippen molar-refractivity contribution in [1.82, 2.24) is 0 Å². The summed E-state index contributed by atoms with van der Waals surface area (Å²) in [5.41, 5.74) is 0.647. The Bertz CT molecular complexity index is 2050. The highest BCUT2D eigenvalue weighted by molar-refractivity contribution is 6.36. The van der Waals surface area contributed by atoms with E-state index in [2.05, 4.69) is 13.8 Å². The van der Waals surface area contributed by atoms with E-state index >= 15 is 0 Å². The summed E-state index contributed by atoms with van der Waals surface area (Å²) in [6.45, 7) is 5.65. The van der Waals surface area contributed by atoms with Gasteiger partial charge >= 0.3 is 23.9 Å². The third-order valence-electron chi connectivity index (χ3n) is 9.71. The molecule has 0 fully saturated rings. The van der Waals surface area contributed by atoms with Crippen molar-refractivity contribution < 1.29 is 47.6 Å². The van der Waals surface area contributed by atoms with Crippen LogP contribution in [0, 0.1) is 0 Å². The fourth-order valence-corrected chi connectivity index (χ4v) is 6.61. The van der Waals surface area contributed by atoms with Crippen LogP contribution in [0.4, 0.5) is 0 Å². The maximum Gasteiger partial charge on any atom is 0.343 e. The van der Waals surface area contributed by atoms with Gasteiger partial charge in [-0.25, -0.2) is 19.2 Å². The Morgan fingerprint density at radius 3 is 1.00 bits per heavy atom. The van der Waals surface area contributed by atoms with Crippen molar-refractivity contribution in [3.8, 4) is 34.5 Å². The largest absolute Gasteiger partial charge is 0.494 e. The number of halogens is 2. The predicted molar refractivity (Wildman–Crippen MR) is 240 cm³/mol. The third kappa shape index (κ3) is 15.3. The quantitative estimate of drug-likeness (QED) is 0.0336. The molecule has 0 aliphatic heterocycles. The molecule has 5 aromatic rings. The van der Waals surface area contributed by atoms with Gasteiger partial charge in [0.05, 0.1) is 45.5 Å². The van der Waals surface area contributed by atoms with Crippen LogP contribution in [0.5, 0.6) is 34.5 Å². The summed E-state index contributed by atoms with van der Waals surface area (Å²) in [4.78, 5) is 51.8. The van der Waals surface area contributed by atoms with Crippen LogP contribution >= 0.6 is 23.2 Å². The van der Waals surface area contributed by atoms with E-state index in [1.807, 2.05) is 0 Å². The lowest BCUT2D eigenvalue weighted by Gasteiger charge is -2.12. The predicted octanol–water partition coefficient (Wildman–Crippen LogP) is 13.3. The highest BCUT2D eigenvalue weighted by Crippen LogP contribution is 2.37. The summed E-state index contributed by atoms with van der Waals surface area (Å²) in [6, 6.07) is 27.5. The van der Waals surface area contributed by atoms with E-state index in [9.17, 15) is 19.2 Å². The monoisotopic (exact) mass is 882 g/mol. The fraction of sp³-hybridized carbons (Fsp3) is 0.320. The average molecular weight is 884 g/mol. The fourth-order valence-electron chi connectivity index (χ4n) is 6.15. The molecule has 0 radical (unpaired) electrons. The van der Waals surface area contributed by atoms with Gasteiger partial charge < -0.3 is 28.4 Å². The normalized spacial score (nSPS) is 10.8. The lowest BCUT2D eigenvalue weighted by atomic mass is 10.1. The molecule has 0 spiro atoms. The number of rotatable bonds is 24. The van der Waals surface area contributed by atoms with E-state index in [0.717, 1.165) is 25.7 Å². The maximum atomic E-state index is 13.1. The first kappa shape index (κ1) is 47.2. The van der Waals surface area contributed by atoms with Crippen LogP contribution in [0.1, 0.15) is 132 Å². The van der Waals surface area contributed by atoms with Crippen molar-refractivity contribution in [2.75, 3.05) is 13.2 Å². The summed E-state index contributed by atoms with van der Waals surface area (Å²) in [5, 5.41) is -0.0271. The second-order valence-electron chi connectivity index (χ2n) is 14.6. The van der Waals surface area contributed by atoms with E-state index in [4.69, 9.17) is 51.6 Å². The topological polar surface area (TPSA) is 124 Å². The second kappa shape index (κ2) is 25.2. The third-order valence-corrected chi connectivity index (χ3v) is 10.3. The Morgan fingerprint density at radius 1 is 0.371 bits per heavy atom. The van der Waals surface area contributed by atoms with Gasteiger partial charge in [-0.3, -0.25) is 0 Å². The zero-order valence-electron chi connectivity index (χ0n) is 35.1. The van der Waals surface area contributed by atoms with Crippen molar-refractivity contribution >= 4 is 47.1 Å². The van der Waals surface area contributed by atoms with E-state index in [1.54, 1.807) is 48.5 Å². The standard InChI is InChI=1S/C50H52Cl2O10/c1-3-5-7-9-11-13-31-57-39-23-27-41(28-24-39)59-47(53)35-15-19-37(20-16-35)49(55)61-45-34-46(44(52)33-43(45)51)62-50(56)38-21-17-36(18-22-38)48(54)60-42-29-25-40(26-30-42)58-32-14-12-10-8-6-4-2/h15-30,33-34H,3-14,31-32H2,1-2H3. The van der Waals surface area contributed by atoms with Gasteiger partial charge in [0, 0.05) is 6.07 Å². The molecule has 0 aliphatic rings. The van der Waals surface area contributed by atoms with Crippen LogP contribution < -0.4 is 28.4 Å². The zero-order chi connectivity index (χ0) is 44.1. The molecule has 62 heavy (non-hydrogen) atoms. The molecule has 0 saturated carbocycles. The molecule has 0 atom stereocenters. The molecule has 326 valence electrons. The van der Waals surface area contributed by atoms with Crippen LogP contribution in [-0.2, 0) is 0 Å². The number of esters is 4. The Labute approximate surface area is 373 Å². The van der Waals surface area contributed by atoms with Gasteiger partial charge in [-0.2, -0.15) is 0 Å². The van der Waals surface area contributed by atoms with Crippen LogP contribution in [0.2, 0.25) is 10.0 Å². The number of hydrogen-bond donors (Lipinski definition) is 0. The van der Waals surface area contributed by atoms with Crippen molar-refractivity contribution in [3.63, 3.8) is 0 Å². The second-order valence-corrected chi connectivity index (χ2v) is 15.4. The van der Waals surface area contributed by atoms with Crippen molar-refractivity contribution in [2.45, 2.75) is 90.9 Å².